The van der Waals surface area contributed by atoms with Crippen LogP contribution in [-0.4, -0.2) is 28.7 Å². The van der Waals surface area contributed by atoms with Gasteiger partial charge in [0.1, 0.15) is 0 Å². The van der Waals surface area contributed by atoms with Crippen molar-refractivity contribution in [3.8, 4) is 0 Å². The first-order chi connectivity index (χ1) is 6.77. The molecule has 76 valence electrons. The van der Waals surface area contributed by atoms with Crippen molar-refractivity contribution >= 4 is 15.9 Å². The minimum Gasteiger partial charge on any atom is -0.298 e. The zero-order valence-electron chi connectivity index (χ0n) is 8.28. The van der Waals surface area contributed by atoms with Crippen molar-refractivity contribution in [1.82, 2.24) is 15.1 Å². The summed E-state index contributed by atoms with van der Waals surface area (Å²) in [7, 11) is 2.16. The van der Waals surface area contributed by atoms with E-state index in [1.807, 2.05) is 0 Å². The van der Waals surface area contributed by atoms with Crippen molar-refractivity contribution in [2.75, 3.05) is 13.6 Å². The molecule has 2 rings (SSSR count). The number of aromatic nitrogens is 2. The zero-order valence-corrected chi connectivity index (χ0v) is 9.87. The Morgan fingerprint density at radius 2 is 2.36 bits per heavy atom. The number of piperidine rings is 1. The average molecular weight is 256 g/mol. The molecule has 14 heavy (non-hydrogen) atoms. The second-order valence-electron chi connectivity index (χ2n) is 3.79. The summed E-state index contributed by atoms with van der Waals surface area (Å²) in [6.07, 6.45) is 5.52. The highest BCUT2D eigenvalue weighted by atomic mass is 79.9. The predicted molar refractivity (Wildman–Crippen MR) is 59.0 cm³/mol. The van der Waals surface area contributed by atoms with Crippen molar-refractivity contribution in [3.05, 3.63) is 22.4 Å². The van der Waals surface area contributed by atoms with Gasteiger partial charge in [-0.2, -0.15) is 10.2 Å². The summed E-state index contributed by atoms with van der Waals surface area (Å²) in [5.74, 6) is 0. The van der Waals surface area contributed by atoms with Gasteiger partial charge < -0.3 is 0 Å². The Hall–Kier alpha value is -0.480. The average Bonchev–Trinajstić information content (AvgIpc) is 2.18. The molecule has 0 aromatic carbocycles. The Morgan fingerprint density at radius 1 is 1.50 bits per heavy atom. The first-order valence-electron chi connectivity index (χ1n) is 4.96. The van der Waals surface area contributed by atoms with Crippen LogP contribution in [-0.2, 0) is 0 Å². The maximum atomic E-state index is 4.19. The molecular formula is C10H14BrN3. The summed E-state index contributed by atoms with van der Waals surface area (Å²) in [4.78, 5) is 2.36. The van der Waals surface area contributed by atoms with Gasteiger partial charge in [0.25, 0.3) is 0 Å². The van der Waals surface area contributed by atoms with Gasteiger partial charge >= 0.3 is 0 Å². The quantitative estimate of drug-likeness (QED) is 0.772. The van der Waals surface area contributed by atoms with Gasteiger partial charge in [0, 0.05) is 4.47 Å². The topological polar surface area (TPSA) is 29.0 Å². The summed E-state index contributed by atoms with van der Waals surface area (Å²) in [6.45, 7) is 1.17. The van der Waals surface area contributed by atoms with Gasteiger partial charge in [0.15, 0.2) is 0 Å². The van der Waals surface area contributed by atoms with Crippen LogP contribution in [0.5, 0.6) is 0 Å². The lowest BCUT2D eigenvalue weighted by Crippen LogP contribution is -2.30. The lowest BCUT2D eigenvalue weighted by atomic mass is 10.00. The third-order valence-corrected chi connectivity index (χ3v) is 3.19. The summed E-state index contributed by atoms with van der Waals surface area (Å²) >= 11 is 3.43. The first-order valence-corrected chi connectivity index (χ1v) is 5.75. The van der Waals surface area contributed by atoms with Gasteiger partial charge in [0.05, 0.1) is 17.9 Å². The molecule has 1 unspecified atom stereocenters. The Labute approximate surface area is 92.7 Å². The van der Waals surface area contributed by atoms with E-state index in [2.05, 4.69) is 44.1 Å². The molecule has 1 aliphatic heterocycles. The van der Waals surface area contributed by atoms with E-state index in [-0.39, 0.29) is 0 Å². The third kappa shape index (κ3) is 2.12. The van der Waals surface area contributed by atoms with E-state index in [0.29, 0.717) is 6.04 Å². The number of hydrogen-bond donors (Lipinski definition) is 0. The van der Waals surface area contributed by atoms with E-state index < -0.39 is 0 Å². The number of nitrogens with zero attached hydrogens (tertiary/aromatic N) is 3. The SMILES string of the molecule is CN1CCCCC1c1cc(Br)cnn1. The van der Waals surface area contributed by atoms with Gasteiger partial charge in [-0.25, -0.2) is 0 Å². The minimum absolute atomic E-state index is 0.453. The third-order valence-electron chi connectivity index (χ3n) is 2.75. The molecule has 1 aromatic rings. The molecular weight excluding hydrogens is 242 g/mol. The maximum absolute atomic E-state index is 4.19. The van der Waals surface area contributed by atoms with Gasteiger partial charge in [-0.1, -0.05) is 6.42 Å². The molecule has 0 radical (unpaired) electrons. The van der Waals surface area contributed by atoms with E-state index in [4.69, 9.17) is 0 Å². The minimum atomic E-state index is 0.453. The van der Waals surface area contributed by atoms with E-state index >= 15 is 0 Å². The van der Waals surface area contributed by atoms with Crippen molar-refractivity contribution in [2.24, 2.45) is 0 Å². The molecule has 1 aliphatic rings. The highest BCUT2D eigenvalue weighted by Crippen LogP contribution is 2.28. The fourth-order valence-corrected chi connectivity index (χ4v) is 2.30. The Balaban J connectivity index is 2.20. The van der Waals surface area contributed by atoms with E-state index in [1.54, 1.807) is 6.20 Å². The van der Waals surface area contributed by atoms with Crippen LogP contribution in [0.25, 0.3) is 0 Å². The number of halogens is 1. The Kier molecular flexibility index (Phi) is 3.13. The second kappa shape index (κ2) is 4.36. The molecule has 0 bridgehead atoms. The Morgan fingerprint density at radius 3 is 3.07 bits per heavy atom. The molecule has 1 saturated heterocycles. The van der Waals surface area contributed by atoms with Crippen LogP contribution >= 0.6 is 15.9 Å². The van der Waals surface area contributed by atoms with Crippen molar-refractivity contribution in [1.29, 1.82) is 0 Å². The van der Waals surface area contributed by atoms with Gasteiger partial charge in [0.2, 0.25) is 0 Å². The highest BCUT2D eigenvalue weighted by molar-refractivity contribution is 9.10. The van der Waals surface area contributed by atoms with Crippen LogP contribution in [0.15, 0.2) is 16.7 Å². The number of rotatable bonds is 1. The van der Waals surface area contributed by atoms with Crippen molar-refractivity contribution in [3.63, 3.8) is 0 Å². The highest BCUT2D eigenvalue weighted by Gasteiger charge is 2.21. The molecule has 2 heterocycles. The van der Waals surface area contributed by atoms with E-state index in [1.165, 1.54) is 25.8 Å². The van der Waals surface area contributed by atoms with Crippen LogP contribution in [0.1, 0.15) is 31.0 Å². The van der Waals surface area contributed by atoms with Gasteiger partial charge in [-0.05, 0) is 48.4 Å². The van der Waals surface area contributed by atoms with Crippen LogP contribution in [0.4, 0.5) is 0 Å². The Bertz CT molecular complexity index is 316. The lowest BCUT2D eigenvalue weighted by Gasteiger charge is -2.31. The molecule has 0 spiro atoms. The van der Waals surface area contributed by atoms with Crippen LogP contribution in [0.2, 0.25) is 0 Å². The van der Waals surface area contributed by atoms with Crippen LogP contribution < -0.4 is 0 Å². The summed E-state index contributed by atoms with van der Waals surface area (Å²) < 4.78 is 1.02. The standard InChI is InChI=1S/C10H14BrN3/c1-14-5-3-2-4-10(14)9-6-8(11)7-12-13-9/h6-7,10H,2-5H2,1H3. The summed E-state index contributed by atoms with van der Waals surface area (Å²) in [5.41, 5.74) is 1.08. The molecule has 0 aliphatic carbocycles. The van der Waals surface area contributed by atoms with Crippen molar-refractivity contribution < 1.29 is 0 Å². The zero-order chi connectivity index (χ0) is 9.97. The monoisotopic (exact) mass is 255 g/mol. The molecule has 0 saturated carbocycles. The summed E-state index contributed by atoms with van der Waals surface area (Å²) in [6, 6.07) is 2.52. The number of hydrogen-bond acceptors (Lipinski definition) is 3. The second-order valence-corrected chi connectivity index (χ2v) is 4.71. The molecule has 3 nitrogen and oxygen atoms in total. The predicted octanol–water partition coefficient (Wildman–Crippen LogP) is 2.40. The van der Waals surface area contributed by atoms with Crippen LogP contribution in [0.3, 0.4) is 0 Å². The summed E-state index contributed by atoms with van der Waals surface area (Å²) in [5, 5.41) is 8.16. The first kappa shape index (κ1) is 10.1. The smallest absolute Gasteiger partial charge is 0.0813 e. The number of likely N-dealkylation sites (tertiary alicyclic amines) is 1. The normalized spacial score (nSPS) is 23.7. The fraction of sp³-hybridized carbons (Fsp3) is 0.600. The molecule has 1 atom stereocenters. The van der Waals surface area contributed by atoms with Crippen molar-refractivity contribution in [2.45, 2.75) is 25.3 Å². The maximum Gasteiger partial charge on any atom is 0.0813 e. The van der Waals surface area contributed by atoms with E-state index in [9.17, 15) is 0 Å². The van der Waals surface area contributed by atoms with E-state index in [0.717, 1.165) is 10.2 Å². The lowest BCUT2D eigenvalue weighted by molar-refractivity contribution is 0.182. The molecule has 4 heteroatoms. The van der Waals surface area contributed by atoms with Crippen LogP contribution in [0, 0.1) is 0 Å². The molecule has 0 amide bonds. The molecule has 0 N–H and O–H groups in total. The molecule has 1 fully saturated rings. The largest absolute Gasteiger partial charge is 0.298 e. The van der Waals surface area contributed by atoms with Gasteiger partial charge in [-0.15, -0.1) is 0 Å². The van der Waals surface area contributed by atoms with Gasteiger partial charge in [-0.3, -0.25) is 4.90 Å². The fourth-order valence-electron chi connectivity index (χ4n) is 1.97. The molecule has 1 aromatic heterocycles.